The first-order chi connectivity index (χ1) is 13.9. The monoisotopic (exact) mass is 410 g/mol. The maximum atomic E-state index is 12.2. The minimum atomic E-state index is -0.933. The van der Waals surface area contributed by atoms with Gasteiger partial charge in [0.1, 0.15) is 22.7 Å². The zero-order chi connectivity index (χ0) is 22.3. The van der Waals surface area contributed by atoms with E-state index in [4.69, 9.17) is 13.9 Å². The lowest BCUT2D eigenvalue weighted by Crippen LogP contribution is -2.31. The highest BCUT2D eigenvalue weighted by Gasteiger charge is 2.37. The summed E-state index contributed by atoms with van der Waals surface area (Å²) in [5.74, 6) is 1.21. The van der Waals surface area contributed by atoms with Gasteiger partial charge in [0.25, 0.3) is 0 Å². The van der Waals surface area contributed by atoms with Crippen LogP contribution in [0.3, 0.4) is 0 Å². The highest BCUT2D eigenvalue weighted by atomic mass is 16.5. The Bertz CT molecular complexity index is 1100. The Labute approximate surface area is 177 Å². The van der Waals surface area contributed by atoms with Gasteiger partial charge in [-0.2, -0.15) is 0 Å². The van der Waals surface area contributed by atoms with E-state index >= 15 is 0 Å². The van der Waals surface area contributed by atoms with Crippen molar-refractivity contribution in [3.63, 3.8) is 0 Å². The first-order valence-electron chi connectivity index (χ1n) is 10.0. The van der Waals surface area contributed by atoms with Gasteiger partial charge in [-0.25, -0.2) is 4.79 Å². The largest absolute Gasteiger partial charge is 0.495 e. The Morgan fingerprint density at radius 1 is 1.27 bits per heavy atom. The van der Waals surface area contributed by atoms with Gasteiger partial charge in [0.05, 0.1) is 23.7 Å². The van der Waals surface area contributed by atoms with Gasteiger partial charge in [-0.3, -0.25) is 0 Å². The molecule has 30 heavy (non-hydrogen) atoms. The smallest absolute Gasteiger partial charge is 0.336 e. The van der Waals surface area contributed by atoms with Gasteiger partial charge >= 0.3 is 5.63 Å². The fourth-order valence-electron chi connectivity index (χ4n) is 3.72. The third-order valence-corrected chi connectivity index (χ3v) is 5.33. The number of allylic oxidation sites excluding steroid dienone is 2. The summed E-state index contributed by atoms with van der Waals surface area (Å²) in [5, 5.41) is 10.8. The fraction of sp³-hybridized carbons (Fsp3) is 0.400. The van der Waals surface area contributed by atoms with Crippen LogP contribution in [0.15, 0.2) is 52.2 Å². The lowest BCUT2D eigenvalue weighted by atomic mass is 9.76. The second kappa shape index (κ2) is 7.47. The molecule has 3 rings (SSSR count). The van der Waals surface area contributed by atoms with E-state index in [0.29, 0.717) is 28.9 Å². The zero-order valence-electron chi connectivity index (χ0n) is 18.5. The zero-order valence-corrected chi connectivity index (χ0v) is 18.5. The molecule has 5 nitrogen and oxygen atoms in total. The average molecular weight is 411 g/mol. The molecular formula is C25H30O5. The Balaban J connectivity index is 2.38. The molecule has 1 aliphatic rings. The quantitative estimate of drug-likeness (QED) is 0.527. The molecule has 1 N–H and O–H groups in total. The summed E-state index contributed by atoms with van der Waals surface area (Å²) >= 11 is 0. The summed E-state index contributed by atoms with van der Waals surface area (Å²) in [6.45, 7) is 13.4. The summed E-state index contributed by atoms with van der Waals surface area (Å²) in [6.07, 6.45) is 9.97. The number of hydrogen-bond acceptors (Lipinski definition) is 5. The van der Waals surface area contributed by atoms with Crippen LogP contribution in [0.25, 0.3) is 17.0 Å². The molecular weight excluding hydrogens is 380 g/mol. The Morgan fingerprint density at radius 3 is 2.57 bits per heavy atom. The highest BCUT2D eigenvalue weighted by molar-refractivity contribution is 5.95. The van der Waals surface area contributed by atoms with E-state index in [1.165, 1.54) is 6.07 Å². The number of rotatable bonds is 6. The maximum absolute atomic E-state index is 12.2. The van der Waals surface area contributed by atoms with Gasteiger partial charge < -0.3 is 19.0 Å². The lowest BCUT2D eigenvalue weighted by molar-refractivity contribution is 0.132. The third-order valence-electron chi connectivity index (χ3n) is 5.33. The average Bonchev–Trinajstić information content (AvgIpc) is 2.64. The van der Waals surface area contributed by atoms with Crippen LogP contribution in [0.5, 0.6) is 11.5 Å². The number of aliphatic hydroxyl groups is 1. The Kier molecular flexibility index (Phi) is 5.46. The molecule has 1 aromatic heterocycles. The van der Waals surface area contributed by atoms with E-state index in [-0.39, 0.29) is 0 Å². The van der Waals surface area contributed by atoms with E-state index in [1.54, 1.807) is 33.1 Å². The molecule has 2 heterocycles. The van der Waals surface area contributed by atoms with Gasteiger partial charge in [-0.05, 0) is 52.3 Å². The third kappa shape index (κ3) is 4.08. The topological polar surface area (TPSA) is 68.9 Å². The minimum absolute atomic E-state index is 0.420. The second-order valence-corrected chi connectivity index (χ2v) is 9.07. The van der Waals surface area contributed by atoms with Crippen LogP contribution < -0.4 is 15.1 Å². The van der Waals surface area contributed by atoms with Gasteiger partial charge in [0.15, 0.2) is 0 Å². The summed E-state index contributed by atoms with van der Waals surface area (Å²) in [5.41, 5.74) is -0.600. The van der Waals surface area contributed by atoms with Crippen LogP contribution in [-0.4, -0.2) is 23.4 Å². The first kappa shape index (κ1) is 21.9. The molecule has 0 radical (unpaired) electrons. The molecule has 1 aliphatic heterocycles. The van der Waals surface area contributed by atoms with E-state index in [9.17, 15) is 9.90 Å². The number of hydrogen-bond donors (Lipinski definition) is 1. The summed E-state index contributed by atoms with van der Waals surface area (Å²) in [7, 11) is 1.59. The van der Waals surface area contributed by atoms with E-state index in [0.717, 1.165) is 11.1 Å². The van der Waals surface area contributed by atoms with Crippen LogP contribution in [-0.2, 0) is 5.41 Å². The number of methoxy groups -OCH3 is 1. The molecule has 0 saturated heterocycles. The molecule has 0 amide bonds. The second-order valence-electron chi connectivity index (χ2n) is 9.07. The molecule has 1 unspecified atom stereocenters. The number of benzene rings is 1. The highest BCUT2D eigenvalue weighted by Crippen LogP contribution is 2.50. The van der Waals surface area contributed by atoms with Crippen molar-refractivity contribution in [2.75, 3.05) is 7.11 Å². The molecule has 0 saturated carbocycles. The van der Waals surface area contributed by atoms with Crippen molar-refractivity contribution in [1.29, 1.82) is 0 Å². The van der Waals surface area contributed by atoms with Crippen molar-refractivity contribution in [1.82, 2.24) is 0 Å². The summed E-state index contributed by atoms with van der Waals surface area (Å²) in [6, 6.07) is 3.10. The molecule has 0 bridgehead atoms. The summed E-state index contributed by atoms with van der Waals surface area (Å²) < 4.78 is 17.8. The molecule has 2 aromatic rings. The minimum Gasteiger partial charge on any atom is -0.495 e. The summed E-state index contributed by atoms with van der Waals surface area (Å²) in [4.78, 5) is 12.2. The predicted molar refractivity (Wildman–Crippen MR) is 120 cm³/mol. The first-order valence-corrected chi connectivity index (χ1v) is 10.0. The Hall–Kier alpha value is -2.79. The van der Waals surface area contributed by atoms with Crippen LogP contribution in [0.4, 0.5) is 0 Å². The molecule has 0 aliphatic carbocycles. The van der Waals surface area contributed by atoms with E-state index < -0.39 is 22.2 Å². The SMILES string of the molecule is C=CC(C)(CC=CC(C)(C)O)c1c2c(c(OC)c3ccc(=O)oc13)C=CC(C)(C)O2. The van der Waals surface area contributed by atoms with Crippen molar-refractivity contribution in [3.8, 4) is 11.5 Å². The van der Waals surface area contributed by atoms with E-state index in [1.807, 2.05) is 45.1 Å². The van der Waals surface area contributed by atoms with Crippen LogP contribution in [0, 0.1) is 0 Å². The molecule has 0 spiro atoms. The Morgan fingerprint density at radius 2 is 1.97 bits per heavy atom. The lowest BCUT2D eigenvalue weighted by Gasteiger charge is -2.35. The molecule has 1 atom stereocenters. The molecule has 0 fully saturated rings. The molecule has 1 aromatic carbocycles. The van der Waals surface area contributed by atoms with E-state index in [2.05, 4.69) is 6.58 Å². The molecule has 5 heteroatoms. The van der Waals surface area contributed by atoms with Crippen molar-refractivity contribution in [3.05, 3.63) is 64.6 Å². The maximum Gasteiger partial charge on any atom is 0.336 e. The van der Waals surface area contributed by atoms with Crippen molar-refractivity contribution in [2.45, 2.75) is 57.7 Å². The van der Waals surface area contributed by atoms with Gasteiger partial charge in [0.2, 0.25) is 0 Å². The van der Waals surface area contributed by atoms with Crippen LogP contribution in [0.2, 0.25) is 0 Å². The van der Waals surface area contributed by atoms with Gasteiger partial charge in [-0.15, -0.1) is 6.58 Å². The van der Waals surface area contributed by atoms with Crippen LogP contribution in [0.1, 0.15) is 52.2 Å². The van der Waals surface area contributed by atoms with Crippen molar-refractivity contribution in [2.24, 2.45) is 0 Å². The number of ether oxygens (including phenoxy) is 2. The van der Waals surface area contributed by atoms with Crippen molar-refractivity contribution < 1.29 is 19.0 Å². The van der Waals surface area contributed by atoms with Crippen LogP contribution >= 0.6 is 0 Å². The van der Waals surface area contributed by atoms with Crippen molar-refractivity contribution >= 4 is 17.0 Å². The van der Waals surface area contributed by atoms with Gasteiger partial charge in [0, 0.05) is 17.0 Å². The fourth-order valence-corrected chi connectivity index (χ4v) is 3.72. The predicted octanol–water partition coefficient (Wildman–Crippen LogP) is 5.15. The number of fused-ring (bicyclic) bond motifs is 2. The van der Waals surface area contributed by atoms with Gasteiger partial charge in [-0.1, -0.05) is 25.2 Å². The molecule has 160 valence electrons. The normalized spacial score (nSPS) is 17.4. The standard InChI is InChI=1S/C25H30O5/c1-8-25(6,14-9-13-23(2,3)27)19-21-16(10-11-18(26)29-21)20(28-7)17-12-15-24(4,5)30-22(17)19/h8-13,15,27H,1,14H2,2-7H3.